The van der Waals surface area contributed by atoms with Crippen LogP contribution < -0.4 is 5.32 Å². The molecule has 2 bridgehead atoms. The van der Waals surface area contributed by atoms with Gasteiger partial charge >= 0.3 is 0 Å². The number of amides is 1. The van der Waals surface area contributed by atoms with Crippen LogP contribution in [-0.2, 0) is 4.79 Å². The van der Waals surface area contributed by atoms with Crippen LogP contribution in [0.25, 0.3) is 0 Å². The first-order valence-corrected chi connectivity index (χ1v) is 6.90. The first-order chi connectivity index (χ1) is 8.20. The Kier molecular flexibility index (Phi) is 2.87. The molecule has 3 aliphatic rings. The molecule has 4 nitrogen and oxygen atoms in total. The molecule has 0 aromatic carbocycles. The fourth-order valence-electron chi connectivity index (χ4n) is 4.04. The Morgan fingerprint density at radius 2 is 1.82 bits per heavy atom. The van der Waals surface area contributed by atoms with Gasteiger partial charge in [-0.2, -0.15) is 0 Å². The van der Waals surface area contributed by atoms with Gasteiger partial charge in [0.2, 0.25) is 5.91 Å². The summed E-state index contributed by atoms with van der Waals surface area (Å²) in [6.45, 7) is 0.939. The van der Waals surface area contributed by atoms with E-state index in [1.807, 2.05) is 11.9 Å². The van der Waals surface area contributed by atoms with Crippen molar-refractivity contribution in [3.8, 4) is 0 Å². The molecule has 3 heterocycles. The molecule has 3 rings (SSSR count). The molecule has 3 unspecified atom stereocenters. The molecule has 4 heteroatoms. The van der Waals surface area contributed by atoms with E-state index in [-0.39, 0.29) is 6.04 Å². The number of piperidine rings is 1. The summed E-state index contributed by atoms with van der Waals surface area (Å²) in [4.78, 5) is 16.6. The van der Waals surface area contributed by atoms with E-state index in [0.29, 0.717) is 24.0 Å². The van der Waals surface area contributed by atoms with Crippen molar-refractivity contribution in [1.82, 2.24) is 15.1 Å². The maximum Gasteiger partial charge on any atom is 0.239 e. The second-order valence-corrected chi connectivity index (χ2v) is 5.85. The molecule has 3 atom stereocenters. The monoisotopic (exact) mass is 237 g/mol. The SMILES string of the molecule is CNC1CC2CCC(C1)N2C1CCN(C)C1=O. The van der Waals surface area contributed by atoms with Gasteiger partial charge in [-0.3, -0.25) is 9.69 Å². The minimum absolute atomic E-state index is 0.190. The highest BCUT2D eigenvalue weighted by molar-refractivity contribution is 5.83. The quantitative estimate of drug-likeness (QED) is 0.756. The van der Waals surface area contributed by atoms with E-state index in [1.54, 1.807) is 0 Å². The third kappa shape index (κ3) is 1.78. The van der Waals surface area contributed by atoms with Gasteiger partial charge in [0.1, 0.15) is 0 Å². The van der Waals surface area contributed by atoms with Gasteiger partial charge in [0.15, 0.2) is 0 Å². The molecule has 3 fully saturated rings. The summed E-state index contributed by atoms with van der Waals surface area (Å²) in [6.07, 6.45) is 6.06. The molecule has 17 heavy (non-hydrogen) atoms. The highest BCUT2D eigenvalue weighted by Gasteiger charge is 2.47. The maximum absolute atomic E-state index is 12.1. The van der Waals surface area contributed by atoms with E-state index in [2.05, 4.69) is 17.3 Å². The molecular weight excluding hydrogens is 214 g/mol. The van der Waals surface area contributed by atoms with Gasteiger partial charge in [-0.25, -0.2) is 0 Å². The van der Waals surface area contributed by atoms with Crippen molar-refractivity contribution >= 4 is 5.91 Å². The lowest BCUT2D eigenvalue weighted by atomic mass is 9.95. The molecule has 1 amide bonds. The predicted octanol–water partition coefficient (Wildman–Crippen LogP) is 0.432. The molecule has 0 radical (unpaired) electrons. The molecule has 96 valence electrons. The maximum atomic E-state index is 12.1. The van der Waals surface area contributed by atoms with Crippen LogP contribution in [0.3, 0.4) is 0 Å². The van der Waals surface area contributed by atoms with Gasteiger partial charge < -0.3 is 10.2 Å². The molecule has 0 aliphatic carbocycles. The lowest BCUT2D eigenvalue weighted by Gasteiger charge is -2.41. The van der Waals surface area contributed by atoms with Crippen molar-refractivity contribution in [3.05, 3.63) is 0 Å². The normalized spacial score (nSPS) is 42.5. The zero-order valence-electron chi connectivity index (χ0n) is 10.9. The molecule has 3 aliphatic heterocycles. The minimum Gasteiger partial charge on any atom is -0.344 e. The number of nitrogens with zero attached hydrogens (tertiary/aromatic N) is 2. The van der Waals surface area contributed by atoms with Gasteiger partial charge in [0, 0.05) is 31.7 Å². The highest BCUT2D eigenvalue weighted by atomic mass is 16.2. The number of likely N-dealkylation sites (N-methyl/N-ethyl adjacent to an activating group) is 1. The molecule has 0 saturated carbocycles. The lowest BCUT2D eigenvalue weighted by Crippen LogP contribution is -2.54. The fraction of sp³-hybridized carbons (Fsp3) is 0.923. The second kappa shape index (κ2) is 4.25. The van der Waals surface area contributed by atoms with Crippen LogP contribution in [0.2, 0.25) is 0 Å². The Bertz CT molecular complexity index is 306. The van der Waals surface area contributed by atoms with E-state index < -0.39 is 0 Å². The van der Waals surface area contributed by atoms with Crippen molar-refractivity contribution in [3.63, 3.8) is 0 Å². The van der Waals surface area contributed by atoms with Crippen LogP contribution in [-0.4, -0.2) is 60.5 Å². The Morgan fingerprint density at radius 3 is 2.29 bits per heavy atom. The molecule has 3 saturated heterocycles. The van der Waals surface area contributed by atoms with Crippen LogP contribution in [0, 0.1) is 0 Å². The van der Waals surface area contributed by atoms with Crippen molar-refractivity contribution in [2.45, 2.75) is 56.3 Å². The van der Waals surface area contributed by atoms with Crippen LogP contribution >= 0.6 is 0 Å². The number of hydrogen-bond donors (Lipinski definition) is 1. The van der Waals surface area contributed by atoms with Gasteiger partial charge in [-0.05, 0) is 39.2 Å². The van der Waals surface area contributed by atoms with Crippen molar-refractivity contribution in [2.75, 3.05) is 20.6 Å². The smallest absolute Gasteiger partial charge is 0.239 e. The molecule has 0 spiro atoms. The van der Waals surface area contributed by atoms with E-state index in [1.165, 1.54) is 25.7 Å². The molecule has 1 N–H and O–H groups in total. The van der Waals surface area contributed by atoms with Crippen molar-refractivity contribution in [1.29, 1.82) is 0 Å². The zero-order chi connectivity index (χ0) is 12.0. The first kappa shape index (κ1) is 11.5. The molecule has 0 aromatic rings. The molecule has 0 aromatic heterocycles. The fourth-order valence-corrected chi connectivity index (χ4v) is 4.04. The third-order valence-electron chi connectivity index (χ3n) is 4.96. The summed E-state index contributed by atoms with van der Waals surface area (Å²) < 4.78 is 0. The van der Waals surface area contributed by atoms with E-state index >= 15 is 0 Å². The summed E-state index contributed by atoms with van der Waals surface area (Å²) in [7, 11) is 4.00. The predicted molar refractivity (Wildman–Crippen MR) is 66.8 cm³/mol. The number of nitrogens with one attached hydrogen (secondary N) is 1. The number of fused-ring (bicyclic) bond motifs is 2. The zero-order valence-corrected chi connectivity index (χ0v) is 10.9. The summed E-state index contributed by atoms with van der Waals surface area (Å²) in [5.41, 5.74) is 0. The highest BCUT2D eigenvalue weighted by Crippen LogP contribution is 2.39. The summed E-state index contributed by atoms with van der Waals surface area (Å²) in [5.74, 6) is 0.352. The molecular formula is C13H23N3O. The number of hydrogen-bond acceptors (Lipinski definition) is 3. The van der Waals surface area contributed by atoms with Crippen LogP contribution in [0.1, 0.15) is 32.1 Å². The third-order valence-corrected chi connectivity index (χ3v) is 4.96. The Balaban J connectivity index is 1.75. The first-order valence-electron chi connectivity index (χ1n) is 6.90. The van der Waals surface area contributed by atoms with Crippen LogP contribution in [0.5, 0.6) is 0 Å². The number of carbonyl (C=O) groups excluding carboxylic acids is 1. The topological polar surface area (TPSA) is 35.6 Å². The van der Waals surface area contributed by atoms with E-state index in [4.69, 9.17) is 0 Å². The van der Waals surface area contributed by atoms with Crippen molar-refractivity contribution < 1.29 is 4.79 Å². The number of carbonyl (C=O) groups is 1. The summed E-state index contributed by atoms with van der Waals surface area (Å²) in [6, 6.07) is 2.14. The van der Waals surface area contributed by atoms with E-state index in [0.717, 1.165) is 13.0 Å². The number of rotatable bonds is 2. The Hall–Kier alpha value is -0.610. The largest absolute Gasteiger partial charge is 0.344 e. The second-order valence-electron chi connectivity index (χ2n) is 5.85. The Morgan fingerprint density at radius 1 is 1.18 bits per heavy atom. The van der Waals surface area contributed by atoms with Crippen molar-refractivity contribution in [2.24, 2.45) is 0 Å². The van der Waals surface area contributed by atoms with Gasteiger partial charge in [-0.1, -0.05) is 0 Å². The standard InChI is InChI=1S/C13H23N3O/c1-14-9-7-10-3-4-11(8-9)16(10)12-5-6-15(2)13(12)17/h9-12,14H,3-8H2,1-2H3. The van der Waals surface area contributed by atoms with E-state index in [9.17, 15) is 4.79 Å². The average molecular weight is 237 g/mol. The minimum atomic E-state index is 0.190. The number of likely N-dealkylation sites (tertiary alicyclic amines) is 1. The Labute approximate surface area is 103 Å². The van der Waals surface area contributed by atoms with Crippen LogP contribution in [0.15, 0.2) is 0 Å². The summed E-state index contributed by atoms with van der Waals surface area (Å²) >= 11 is 0. The van der Waals surface area contributed by atoms with Gasteiger partial charge in [0.25, 0.3) is 0 Å². The average Bonchev–Trinajstić information content (AvgIpc) is 2.77. The van der Waals surface area contributed by atoms with Gasteiger partial charge in [-0.15, -0.1) is 0 Å². The lowest BCUT2D eigenvalue weighted by molar-refractivity contribution is -0.132. The van der Waals surface area contributed by atoms with Gasteiger partial charge in [0.05, 0.1) is 6.04 Å². The van der Waals surface area contributed by atoms with Crippen LogP contribution in [0.4, 0.5) is 0 Å². The summed E-state index contributed by atoms with van der Waals surface area (Å²) in [5, 5.41) is 3.41.